The van der Waals surface area contributed by atoms with Crippen LogP contribution in [0.3, 0.4) is 0 Å². The molecule has 0 aromatic heterocycles. The zero-order valence-corrected chi connectivity index (χ0v) is 19.4. The zero-order valence-electron chi connectivity index (χ0n) is 19.4. The third kappa shape index (κ3) is 6.24. The van der Waals surface area contributed by atoms with Crippen LogP contribution in [-0.4, -0.2) is 0 Å². The molecule has 162 valence electrons. The zero-order chi connectivity index (χ0) is 22.0. The molecule has 0 amide bonds. The maximum atomic E-state index is 3.35. The SMILES string of the molecule is CCCCCCCCCCc1ccc(C#Cc2ccc3cc4ccccc4cc3c2)cc1. The summed E-state index contributed by atoms with van der Waals surface area (Å²) in [4.78, 5) is 0. The van der Waals surface area contributed by atoms with Crippen LogP contribution < -0.4 is 0 Å². The lowest BCUT2D eigenvalue weighted by Gasteiger charge is -2.03. The maximum Gasteiger partial charge on any atom is 0.0255 e. The molecule has 0 aliphatic rings. The highest BCUT2D eigenvalue weighted by molar-refractivity contribution is 5.98. The standard InChI is InChI=1S/C32H34/c1-2-3-4-5-6-7-8-9-12-26-15-17-27(18-16-26)19-20-28-21-22-31-24-29-13-10-11-14-30(29)25-32(31)23-28/h10-11,13-18,21-25H,2-9,12H2,1H3. The van der Waals surface area contributed by atoms with Gasteiger partial charge in [0.2, 0.25) is 0 Å². The van der Waals surface area contributed by atoms with Gasteiger partial charge in [-0.3, -0.25) is 0 Å². The molecule has 4 aromatic carbocycles. The van der Waals surface area contributed by atoms with Crippen LogP contribution in [0, 0.1) is 11.8 Å². The van der Waals surface area contributed by atoms with Crippen molar-refractivity contribution in [2.75, 3.05) is 0 Å². The fraction of sp³-hybridized carbons (Fsp3) is 0.312. The number of unbranched alkanes of at least 4 members (excludes halogenated alkanes) is 7. The summed E-state index contributed by atoms with van der Waals surface area (Å²) in [7, 11) is 0. The van der Waals surface area contributed by atoms with Gasteiger partial charge >= 0.3 is 0 Å². The van der Waals surface area contributed by atoms with Gasteiger partial charge in [0.15, 0.2) is 0 Å². The van der Waals surface area contributed by atoms with Gasteiger partial charge in [-0.05, 0) is 76.3 Å². The molecule has 0 bridgehead atoms. The second-order valence-corrected chi connectivity index (χ2v) is 8.93. The van der Waals surface area contributed by atoms with E-state index in [0.717, 1.165) is 11.1 Å². The van der Waals surface area contributed by atoms with Crippen molar-refractivity contribution < 1.29 is 0 Å². The minimum Gasteiger partial charge on any atom is -0.0654 e. The molecule has 0 unspecified atom stereocenters. The fourth-order valence-electron chi connectivity index (χ4n) is 4.38. The van der Waals surface area contributed by atoms with Gasteiger partial charge in [-0.1, -0.05) is 106 Å². The van der Waals surface area contributed by atoms with E-state index in [1.165, 1.54) is 84.9 Å². The molecule has 0 nitrogen and oxygen atoms in total. The highest BCUT2D eigenvalue weighted by Crippen LogP contribution is 2.23. The number of hydrogen-bond acceptors (Lipinski definition) is 0. The van der Waals surface area contributed by atoms with Crippen LogP contribution in [0.25, 0.3) is 21.5 Å². The molecule has 4 rings (SSSR count). The van der Waals surface area contributed by atoms with Crippen LogP contribution >= 0.6 is 0 Å². The first-order chi connectivity index (χ1) is 15.8. The first-order valence-electron chi connectivity index (χ1n) is 12.4. The quantitative estimate of drug-likeness (QED) is 0.144. The summed E-state index contributed by atoms with van der Waals surface area (Å²) in [6.45, 7) is 2.28. The Bertz CT molecular complexity index is 1200. The molecule has 0 aliphatic carbocycles. The van der Waals surface area contributed by atoms with Crippen molar-refractivity contribution in [3.8, 4) is 11.8 Å². The number of benzene rings is 4. The average molecular weight is 419 g/mol. The summed E-state index contributed by atoms with van der Waals surface area (Å²) in [5.74, 6) is 6.69. The number of rotatable bonds is 9. The Kier molecular flexibility index (Phi) is 7.99. The van der Waals surface area contributed by atoms with Crippen molar-refractivity contribution in [1.29, 1.82) is 0 Å². The normalized spacial score (nSPS) is 10.9. The largest absolute Gasteiger partial charge is 0.0654 e. The lowest BCUT2D eigenvalue weighted by molar-refractivity contribution is 0.575. The van der Waals surface area contributed by atoms with Gasteiger partial charge in [0.25, 0.3) is 0 Å². The van der Waals surface area contributed by atoms with Crippen molar-refractivity contribution in [2.24, 2.45) is 0 Å². The topological polar surface area (TPSA) is 0 Å². The molecule has 0 N–H and O–H groups in total. The van der Waals surface area contributed by atoms with E-state index >= 15 is 0 Å². The van der Waals surface area contributed by atoms with Gasteiger partial charge in [0.1, 0.15) is 0 Å². The van der Waals surface area contributed by atoms with Crippen molar-refractivity contribution in [3.05, 3.63) is 95.6 Å². The Hall–Kier alpha value is -3.04. The fourth-order valence-corrected chi connectivity index (χ4v) is 4.38. The van der Waals surface area contributed by atoms with E-state index in [2.05, 4.69) is 97.6 Å². The van der Waals surface area contributed by atoms with E-state index in [-0.39, 0.29) is 0 Å². The first kappa shape index (κ1) is 22.2. The monoisotopic (exact) mass is 418 g/mol. The van der Waals surface area contributed by atoms with Crippen molar-refractivity contribution in [2.45, 2.75) is 64.7 Å². The summed E-state index contributed by atoms with van der Waals surface area (Å²) in [6.07, 6.45) is 12.2. The predicted molar refractivity (Wildman–Crippen MR) is 140 cm³/mol. The van der Waals surface area contributed by atoms with Crippen LogP contribution in [0.5, 0.6) is 0 Å². The molecule has 0 aliphatic heterocycles. The highest BCUT2D eigenvalue weighted by atomic mass is 14.0. The molecule has 32 heavy (non-hydrogen) atoms. The second-order valence-electron chi connectivity index (χ2n) is 8.93. The van der Waals surface area contributed by atoms with Gasteiger partial charge in [0.05, 0.1) is 0 Å². The van der Waals surface area contributed by atoms with Crippen LogP contribution in [-0.2, 0) is 6.42 Å². The molecule has 0 fully saturated rings. The van der Waals surface area contributed by atoms with Crippen molar-refractivity contribution in [3.63, 3.8) is 0 Å². The van der Waals surface area contributed by atoms with E-state index in [9.17, 15) is 0 Å². The summed E-state index contributed by atoms with van der Waals surface area (Å²) in [6, 6.07) is 28.4. The van der Waals surface area contributed by atoms with E-state index in [0.29, 0.717) is 0 Å². The molecule has 0 heterocycles. The molecule has 0 atom stereocenters. The number of aryl methyl sites for hydroxylation is 1. The third-order valence-electron chi connectivity index (χ3n) is 6.33. The van der Waals surface area contributed by atoms with E-state index in [4.69, 9.17) is 0 Å². The molecule has 4 aromatic rings. The van der Waals surface area contributed by atoms with Crippen molar-refractivity contribution in [1.82, 2.24) is 0 Å². The lowest BCUT2D eigenvalue weighted by atomic mass is 10.0. The Morgan fingerprint density at radius 1 is 0.500 bits per heavy atom. The molecule has 0 heteroatoms. The Morgan fingerprint density at radius 2 is 1.06 bits per heavy atom. The third-order valence-corrected chi connectivity index (χ3v) is 6.33. The van der Waals surface area contributed by atoms with Crippen LogP contribution in [0.15, 0.2) is 78.9 Å². The molecular weight excluding hydrogens is 384 g/mol. The van der Waals surface area contributed by atoms with Gasteiger partial charge in [-0.25, -0.2) is 0 Å². The number of hydrogen-bond donors (Lipinski definition) is 0. The minimum atomic E-state index is 1.07. The summed E-state index contributed by atoms with van der Waals surface area (Å²) in [5, 5.41) is 5.07. The summed E-state index contributed by atoms with van der Waals surface area (Å²) in [5.41, 5.74) is 3.58. The van der Waals surface area contributed by atoms with Gasteiger partial charge in [0, 0.05) is 11.1 Å². The molecular formula is C32H34. The lowest BCUT2D eigenvalue weighted by Crippen LogP contribution is -1.87. The summed E-state index contributed by atoms with van der Waals surface area (Å²) < 4.78 is 0. The molecule has 0 spiro atoms. The second kappa shape index (κ2) is 11.5. The number of fused-ring (bicyclic) bond motifs is 2. The van der Waals surface area contributed by atoms with E-state index < -0.39 is 0 Å². The highest BCUT2D eigenvalue weighted by Gasteiger charge is 1.99. The molecule has 0 radical (unpaired) electrons. The maximum absolute atomic E-state index is 3.35. The average Bonchev–Trinajstić information content (AvgIpc) is 2.83. The van der Waals surface area contributed by atoms with E-state index in [1.54, 1.807) is 0 Å². The Morgan fingerprint density at radius 3 is 1.78 bits per heavy atom. The van der Waals surface area contributed by atoms with Gasteiger partial charge < -0.3 is 0 Å². The van der Waals surface area contributed by atoms with E-state index in [1.807, 2.05) is 0 Å². The molecule has 0 saturated heterocycles. The Labute approximate surface area is 193 Å². The van der Waals surface area contributed by atoms with Gasteiger partial charge in [-0.15, -0.1) is 0 Å². The predicted octanol–water partition coefficient (Wildman–Crippen LogP) is 9.08. The van der Waals surface area contributed by atoms with Crippen LogP contribution in [0.4, 0.5) is 0 Å². The van der Waals surface area contributed by atoms with Crippen LogP contribution in [0.1, 0.15) is 75.0 Å². The van der Waals surface area contributed by atoms with Crippen LogP contribution in [0.2, 0.25) is 0 Å². The van der Waals surface area contributed by atoms with Gasteiger partial charge in [-0.2, -0.15) is 0 Å². The van der Waals surface area contributed by atoms with Crippen molar-refractivity contribution >= 4 is 21.5 Å². The smallest absolute Gasteiger partial charge is 0.0255 e. The Balaban J connectivity index is 1.31. The first-order valence-corrected chi connectivity index (χ1v) is 12.4. The molecule has 0 saturated carbocycles. The summed E-state index contributed by atoms with van der Waals surface area (Å²) >= 11 is 0. The minimum absolute atomic E-state index is 1.07.